The number of benzene rings is 1. The number of alkyl halides is 1. The molecule has 2 aliphatic rings. The summed E-state index contributed by atoms with van der Waals surface area (Å²) >= 11 is 0. The van der Waals surface area contributed by atoms with E-state index >= 15 is 0 Å². The SMILES string of the molecule is C=C(c1cnc(-c2ccc(-n3ccnc3)cc2O)nn1)[C@@H]1C[C@H]2CC[C@H](N2)[C@@H]1F. The Morgan fingerprint density at radius 3 is 2.90 bits per heavy atom. The molecule has 148 valence electrons. The normalized spacial score (nSPS) is 25.8. The number of halogens is 1. The predicted molar refractivity (Wildman–Crippen MR) is 106 cm³/mol. The van der Waals surface area contributed by atoms with E-state index in [-0.39, 0.29) is 17.7 Å². The van der Waals surface area contributed by atoms with E-state index in [1.807, 2.05) is 6.07 Å². The van der Waals surface area contributed by atoms with Crippen LogP contribution in [0.2, 0.25) is 0 Å². The molecule has 2 aliphatic heterocycles. The number of phenols is 1. The van der Waals surface area contributed by atoms with Gasteiger partial charge >= 0.3 is 0 Å². The zero-order chi connectivity index (χ0) is 20.0. The first-order valence-electron chi connectivity index (χ1n) is 9.71. The maximum absolute atomic E-state index is 14.8. The average Bonchev–Trinajstić information content (AvgIpc) is 3.41. The van der Waals surface area contributed by atoms with Gasteiger partial charge in [-0.1, -0.05) is 6.58 Å². The van der Waals surface area contributed by atoms with Gasteiger partial charge in [-0.15, -0.1) is 10.2 Å². The molecule has 0 amide bonds. The van der Waals surface area contributed by atoms with Crippen molar-refractivity contribution in [2.45, 2.75) is 37.5 Å². The lowest BCUT2D eigenvalue weighted by molar-refractivity contribution is 0.167. The standard InChI is InChI=1S/C21H21FN6O/c1-12(16-8-13-2-5-17(25-13)20(16)22)18-10-24-21(27-26-18)15-4-3-14(9-19(15)29)28-7-6-23-11-28/h3-4,6-7,9-11,13,16-17,20,25,29H,1-2,5,8H2/t13-,16+,17+,20-/m1/s1. The summed E-state index contributed by atoms with van der Waals surface area (Å²) in [6, 6.07) is 5.44. The summed E-state index contributed by atoms with van der Waals surface area (Å²) in [5.41, 5.74) is 2.39. The number of piperidine rings is 1. The van der Waals surface area contributed by atoms with E-state index in [9.17, 15) is 9.50 Å². The van der Waals surface area contributed by atoms with Gasteiger partial charge in [-0.3, -0.25) is 0 Å². The Bertz CT molecular complexity index is 1040. The highest BCUT2D eigenvalue weighted by molar-refractivity contribution is 5.67. The van der Waals surface area contributed by atoms with Crippen LogP contribution in [-0.2, 0) is 0 Å². The monoisotopic (exact) mass is 392 g/mol. The topological polar surface area (TPSA) is 88.8 Å². The van der Waals surface area contributed by atoms with Crippen molar-refractivity contribution in [3.63, 3.8) is 0 Å². The van der Waals surface area contributed by atoms with E-state index in [2.05, 4.69) is 32.1 Å². The fourth-order valence-electron chi connectivity index (χ4n) is 4.36. The number of rotatable bonds is 4. The quantitative estimate of drug-likeness (QED) is 0.710. The molecule has 4 atom stereocenters. The molecule has 0 radical (unpaired) electrons. The highest BCUT2D eigenvalue weighted by Gasteiger charge is 2.43. The first kappa shape index (κ1) is 17.9. The summed E-state index contributed by atoms with van der Waals surface area (Å²) in [7, 11) is 0. The van der Waals surface area contributed by atoms with Crippen molar-refractivity contribution < 1.29 is 9.50 Å². The number of fused-ring (bicyclic) bond motifs is 2. The van der Waals surface area contributed by atoms with Gasteiger partial charge < -0.3 is 15.0 Å². The van der Waals surface area contributed by atoms with Crippen molar-refractivity contribution in [1.29, 1.82) is 0 Å². The van der Waals surface area contributed by atoms with Gasteiger partial charge in [0.15, 0.2) is 5.82 Å². The van der Waals surface area contributed by atoms with Gasteiger partial charge in [0, 0.05) is 36.5 Å². The van der Waals surface area contributed by atoms with Crippen LogP contribution in [0.25, 0.3) is 22.6 Å². The predicted octanol–water partition coefficient (Wildman–Crippen LogP) is 2.92. The second-order valence-corrected chi connectivity index (χ2v) is 7.70. The minimum absolute atomic E-state index is 0.0447. The van der Waals surface area contributed by atoms with E-state index in [0.29, 0.717) is 28.7 Å². The fourth-order valence-corrected chi connectivity index (χ4v) is 4.36. The van der Waals surface area contributed by atoms with Crippen LogP contribution in [0.1, 0.15) is 25.0 Å². The fraction of sp³-hybridized carbons (Fsp3) is 0.333. The molecule has 2 aromatic heterocycles. The van der Waals surface area contributed by atoms with Crippen LogP contribution in [0.3, 0.4) is 0 Å². The number of hydrogen-bond donors (Lipinski definition) is 2. The van der Waals surface area contributed by atoms with Crippen LogP contribution >= 0.6 is 0 Å². The van der Waals surface area contributed by atoms with Gasteiger partial charge in [0.05, 0.1) is 23.8 Å². The maximum Gasteiger partial charge on any atom is 0.185 e. The molecule has 0 spiro atoms. The molecular weight excluding hydrogens is 371 g/mol. The second kappa shape index (κ2) is 7.04. The summed E-state index contributed by atoms with van der Waals surface area (Å²) in [4.78, 5) is 8.34. The minimum atomic E-state index is -0.970. The molecule has 0 unspecified atom stereocenters. The highest BCUT2D eigenvalue weighted by Crippen LogP contribution is 2.39. The molecule has 2 fully saturated rings. The van der Waals surface area contributed by atoms with Crippen LogP contribution in [0.4, 0.5) is 4.39 Å². The van der Waals surface area contributed by atoms with E-state index in [4.69, 9.17) is 0 Å². The van der Waals surface area contributed by atoms with Gasteiger partial charge in [0.1, 0.15) is 17.6 Å². The Hall–Kier alpha value is -3.13. The molecule has 7 nitrogen and oxygen atoms in total. The third-order valence-electron chi connectivity index (χ3n) is 5.95. The first-order valence-corrected chi connectivity index (χ1v) is 9.71. The highest BCUT2D eigenvalue weighted by atomic mass is 19.1. The average molecular weight is 392 g/mol. The van der Waals surface area contributed by atoms with Gasteiger partial charge in [-0.25, -0.2) is 14.4 Å². The van der Waals surface area contributed by atoms with Gasteiger partial charge in [0.2, 0.25) is 0 Å². The number of aromatic nitrogens is 5. The summed E-state index contributed by atoms with van der Waals surface area (Å²) in [5.74, 6) is 0.0836. The number of nitrogens with one attached hydrogen (secondary N) is 1. The summed E-state index contributed by atoms with van der Waals surface area (Å²) in [6.45, 7) is 4.09. The Morgan fingerprint density at radius 1 is 1.28 bits per heavy atom. The molecule has 0 saturated carbocycles. The Labute approximate surface area is 167 Å². The molecule has 2 bridgehead atoms. The molecule has 3 aromatic rings. The summed E-state index contributed by atoms with van der Waals surface area (Å²) in [5, 5.41) is 22.1. The molecule has 0 aliphatic carbocycles. The minimum Gasteiger partial charge on any atom is -0.507 e. The molecule has 2 saturated heterocycles. The van der Waals surface area contributed by atoms with Crippen molar-refractivity contribution in [3.8, 4) is 22.8 Å². The zero-order valence-corrected chi connectivity index (χ0v) is 15.7. The van der Waals surface area contributed by atoms with E-state index in [0.717, 1.165) is 24.9 Å². The van der Waals surface area contributed by atoms with Gasteiger partial charge in [0.25, 0.3) is 0 Å². The van der Waals surface area contributed by atoms with Crippen molar-refractivity contribution in [3.05, 3.63) is 55.4 Å². The molecule has 1 aromatic carbocycles. The third-order valence-corrected chi connectivity index (χ3v) is 5.95. The van der Waals surface area contributed by atoms with Crippen molar-refractivity contribution in [2.24, 2.45) is 5.92 Å². The lowest BCUT2D eigenvalue weighted by Gasteiger charge is -2.33. The zero-order valence-electron chi connectivity index (χ0n) is 15.7. The summed E-state index contributed by atoms with van der Waals surface area (Å²) < 4.78 is 16.6. The Kier molecular flexibility index (Phi) is 4.35. The molecule has 4 heterocycles. The molecular formula is C21H21FN6O. The molecule has 5 rings (SSSR count). The van der Waals surface area contributed by atoms with Crippen molar-refractivity contribution in [2.75, 3.05) is 0 Å². The van der Waals surface area contributed by atoms with Gasteiger partial charge in [-0.2, -0.15) is 0 Å². The number of imidazole rings is 1. The van der Waals surface area contributed by atoms with Crippen LogP contribution in [0.15, 0.2) is 49.7 Å². The van der Waals surface area contributed by atoms with Crippen LogP contribution in [0, 0.1) is 5.92 Å². The van der Waals surface area contributed by atoms with Crippen molar-refractivity contribution in [1.82, 2.24) is 30.0 Å². The largest absolute Gasteiger partial charge is 0.507 e. The van der Waals surface area contributed by atoms with Crippen LogP contribution < -0.4 is 5.32 Å². The smallest absolute Gasteiger partial charge is 0.185 e. The van der Waals surface area contributed by atoms with E-state index < -0.39 is 6.17 Å². The maximum atomic E-state index is 14.8. The summed E-state index contributed by atoms with van der Waals surface area (Å²) in [6.07, 6.45) is 8.29. The number of nitrogens with zero attached hydrogens (tertiary/aromatic N) is 5. The number of allylic oxidation sites excluding steroid dienone is 1. The molecule has 2 N–H and O–H groups in total. The van der Waals surface area contributed by atoms with Gasteiger partial charge in [-0.05, 0) is 37.0 Å². The molecule has 8 heteroatoms. The first-order chi connectivity index (χ1) is 14.1. The van der Waals surface area contributed by atoms with Crippen molar-refractivity contribution >= 4 is 5.57 Å². The van der Waals surface area contributed by atoms with E-state index in [1.54, 1.807) is 41.6 Å². The third kappa shape index (κ3) is 3.19. The van der Waals surface area contributed by atoms with E-state index in [1.165, 1.54) is 0 Å². The lowest BCUT2D eigenvalue weighted by atomic mass is 9.84. The second-order valence-electron chi connectivity index (χ2n) is 7.70. The molecule has 29 heavy (non-hydrogen) atoms. The number of hydrogen-bond acceptors (Lipinski definition) is 6. The number of phenolic OH excluding ortho intramolecular Hbond substituents is 1. The Balaban J connectivity index is 1.37. The lowest BCUT2D eigenvalue weighted by Crippen LogP contribution is -2.47. The van der Waals surface area contributed by atoms with Crippen LogP contribution in [-0.4, -0.2) is 48.1 Å². The number of aromatic hydroxyl groups is 1. The van der Waals surface area contributed by atoms with Crippen LogP contribution in [0.5, 0.6) is 5.75 Å². The Morgan fingerprint density at radius 2 is 2.17 bits per heavy atom.